The number of rotatable bonds is 5. The molecule has 1 spiro atoms. The number of alkyl halides is 6. The van der Waals surface area contributed by atoms with Gasteiger partial charge in [-0.3, -0.25) is 9.59 Å². The number of nitrogens with one attached hydrogen (secondary N) is 2. The van der Waals surface area contributed by atoms with Gasteiger partial charge in [0, 0.05) is 37.6 Å². The number of carboxylic acids is 2. The Morgan fingerprint density at radius 3 is 1.95 bits per heavy atom. The number of aryl methyl sites for hydroxylation is 1. The summed E-state index contributed by atoms with van der Waals surface area (Å²) in [5.74, 6) is -5.53. The van der Waals surface area contributed by atoms with Gasteiger partial charge in [-0.1, -0.05) is 24.3 Å². The van der Waals surface area contributed by atoms with Crippen molar-refractivity contribution in [2.45, 2.75) is 37.7 Å². The van der Waals surface area contributed by atoms with Crippen LogP contribution in [0.3, 0.4) is 0 Å². The quantitative estimate of drug-likeness (QED) is 0.370. The van der Waals surface area contributed by atoms with Crippen molar-refractivity contribution in [1.82, 2.24) is 20.5 Å². The summed E-state index contributed by atoms with van der Waals surface area (Å²) >= 11 is 0. The predicted molar refractivity (Wildman–Crippen MR) is 139 cm³/mol. The summed E-state index contributed by atoms with van der Waals surface area (Å²) in [5, 5.41) is 20.2. The number of aromatic nitrogens is 1. The van der Waals surface area contributed by atoms with Crippen LogP contribution in [-0.4, -0.2) is 94.6 Å². The van der Waals surface area contributed by atoms with Gasteiger partial charge in [0.25, 0.3) is 5.91 Å². The fraction of sp³-hybridized carbons (Fsp3) is 0.423. The molecule has 0 aliphatic carbocycles. The fourth-order valence-electron chi connectivity index (χ4n) is 4.27. The zero-order valence-electron chi connectivity index (χ0n) is 22.7. The molecule has 1 aromatic heterocycles. The second-order valence-corrected chi connectivity index (χ2v) is 9.33. The highest BCUT2D eigenvalue weighted by Gasteiger charge is 2.50. The van der Waals surface area contributed by atoms with Gasteiger partial charge in [-0.15, -0.1) is 0 Å². The van der Waals surface area contributed by atoms with Crippen molar-refractivity contribution in [1.29, 1.82) is 0 Å². The first-order chi connectivity index (χ1) is 20.0. The molecule has 236 valence electrons. The number of pyridine rings is 1. The van der Waals surface area contributed by atoms with Crippen LogP contribution in [0.5, 0.6) is 0 Å². The van der Waals surface area contributed by atoms with E-state index in [9.17, 15) is 35.9 Å². The Hall–Kier alpha value is -4.41. The largest absolute Gasteiger partial charge is 0.490 e. The molecule has 2 aliphatic rings. The first kappa shape index (κ1) is 34.8. The molecule has 2 amide bonds. The molecule has 11 nitrogen and oxygen atoms in total. The lowest BCUT2D eigenvalue weighted by atomic mass is 9.85. The van der Waals surface area contributed by atoms with E-state index >= 15 is 0 Å². The molecule has 4 rings (SSSR count). The van der Waals surface area contributed by atoms with Crippen LogP contribution in [0.25, 0.3) is 0 Å². The van der Waals surface area contributed by atoms with E-state index in [1.807, 2.05) is 37.3 Å². The molecule has 1 aromatic carbocycles. The molecule has 17 heteroatoms. The highest BCUT2D eigenvalue weighted by molar-refractivity contribution is 5.93. The summed E-state index contributed by atoms with van der Waals surface area (Å²) in [6.07, 6.45) is -8.61. The second kappa shape index (κ2) is 14.7. The van der Waals surface area contributed by atoms with Crippen molar-refractivity contribution in [2.75, 3.05) is 37.7 Å². The fourth-order valence-corrected chi connectivity index (χ4v) is 4.27. The number of nitrogens with zero attached hydrogens (tertiary/aromatic N) is 3. The van der Waals surface area contributed by atoms with Gasteiger partial charge in [-0.2, -0.15) is 26.3 Å². The van der Waals surface area contributed by atoms with E-state index in [2.05, 4.69) is 37.6 Å². The molecule has 2 saturated heterocycles. The Balaban J connectivity index is 0.000000384. The third-order valence-electron chi connectivity index (χ3n) is 6.41. The Bertz CT molecular complexity index is 1240. The maximum absolute atomic E-state index is 12.7. The topological polar surface area (TPSA) is 152 Å². The standard InChI is InChI=1S/C22H27N5O2.2C2HF3O2/c1-17-6-5-9-19(25-17)20(28)23-12-15-26-13-10-22(11-14-26)21(29)24-16-27(22)18-7-3-2-4-8-18;2*3-2(4,5)1(6)7/h2-9H,10-16H2,1H3,(H,23,28)(H,24,29);2*(H,6,7). The van der Waals surface area contributed by atoms with Crippen molar-refractivity contribution in [3.05, 3.63) is 59.9 Å². The van der Waals surface area contributed by atoms with E-state index in [1.54, 1.807) is 6.07 Å². The zero-order chi connectivity index (χ0) is 32.4. The molecule has 2 aromatic rings. The van der Waals surface area contributed by atoms with Gasteiger partial charge in [0.2, 0.25) is 5.91 Å². The number of aliphatic carboxylic acids is 2. The number of carbonyl (C=O) groups is 4. The van der Waals surface area contributed by atoms with Gasteiger partial charge in [0.05, 0.1) is 6.67 Å². The summed E-state index contributed by atoms with van der Waals surface area (Å²) in [5.41, 5.74) is 1.89. The molecule has 3 heterocycles. The molecule has 0 unspecified atom stereocenters. The van der Waals surface area contributed by atoms with Crippen LogP contribution in [0.2, 0.25) is 0 Å². The van der Waals surface area contributed by atoms with Crippen molar-refractivity contribution in [2.24, 2.45) is 0 Å². The molecular formula is C26H29F6N5O6. The van der Waals surface area contributed by atoms with Crippen molar-refractivity contribution < 1.29 is 55.7 Å². The third-order valence-corrected chi connectivity index (χ3v) is 6.41. The van der Waals surface area contributed by atoms with Crippen LogP contribution in [0.4, 0.5) is 32.0 Å². The van der Waals surface area contributed by atoms with Gasteiger partial charge >= 0.3 is 24.3 Å². The maximum Gasteiger partial charge on any atom is 0.490 e. The highest BCUT2D eigenvalue weighted by Crippen LogP contribution is 2.36. The van der Waals surface area contributed by atoms with Gasteiger partial charge in [0.15, 0.2) is 0 Å². The molecule has 4 N–H and O–H groups in total. The molecule has 2 aliphatic heterocycles. The first-order valence-corrected chi connectivity index (χ1v) is 12.6. The van der Waals surface area contributed by atoms with E-state index in [0.717, 1.165) is 43.9 Å². The number of hydrogen-bond donors (Lipinski definition) is 4. The van der Waals surface area contributed by atoms with Gasteiger partial charge in [0.1, 0.15) is 11.2 Å². The van der Waals surface area contributed by atoms with Crippen LogP contribution in [-0.2, 0) is 14.4 Å². The number of amides is 2. The summed E-state index contributed by atoms with van der Waals surface area (Å²) < 4.78 is 63.5. The Labute approximate surface area is 241 Å². The normalized spacial score (nSPS) is 16.3. The van der Waals surface area contributed by atoms with Crippen molar-refractivity contribution in [3.63, 3.8) is 0 Å². The lowest BCUT2D eigenvalue weighted by Crippen LogP contribution is -2.57. The molecule has 0 radical (unpaired) electrons. The number of halogens is 6. The second-order valence-electron chi connectivity index (χ2n) is 9.33. The van der Waals surface area contributed by atoms with Crippen LogP contribution < -0.4 is 15.5 Å². The number of carbonyl (C=O) groups excluding carboxylic acids is 2. The van der Waals surface area contributed by atoms with E-state index in [4.69, 9.17) is 19.8 Å². The van der Waals surface area contributed by atoms with Crippen LogP contribution in [0, 0.1) is 6.92 Å². The Morgan fingerprint density at radius 2 is 1.47 bits per heavy atom. The minimum Gasteiger partial charge on any atom is -0.475 e. The number of anilines is 1. The summed E-state index contributed by atoms with van der Waals surface area (Å²) in [7, 11) is 0. The number of benzene rings is 1. The smallest absolute Gasteiger partial charge is 0.475 e. The SMILES string of the molecule is Cc1cccc(C(=O)NCCN2CCC3(CC2)C(=O)NCN3c2ccccc2)n1.O=C(O)C(F)(F)F.O=C(O)C(F)(F)F. The third kappa shape index (κ3) is 10.1. The monoisotopic (exact) mass is 621 g/mol. The van der Waals surface area contributed by atoms with Gasteiger partial charge < -0.3 is 30.6 Å². The minimum atomic E-state index is -5.08. The van der Waals surface area contributed by atoms with Crippen molar-refractivity contribution >= 4 is 29.4 Å². The van der Waals surface area contributed by atoms with E-state index in [0.29, 0.717) is 18.9 Å². The lowest BCUT2D eigenvalue weighted by molar-refractivity contribution is -0.193. The van der Waals surface area contributed by atoms with Crippen LogP contribution >= 0.6 is 0 Å². The number of carboxylic acid groups (broad SMARTS) is 2. The van der Waals surface area contributed by atoms with Gasteiger partial charge in [-0.05, 0) is 44.0 Å². The summed E-state index contributed by atoms with van der Waals surface area (Å²) in [6, 6.07) is 15.6. The Morgan fingerprint density at radius 1 is 0.930 bits per heavy atom. The molecule has 43 heavy (non-hydrogen) atoms. The highest BCUT2D eigenvalue weighted by atomic mass is 19.4. The van der Waals surface area contributed by atoms with Crippen LogP contribution in [0.1, 0.15) is 29.0 Å². The zero-order valence-corrected chi connectivity index (χ0v) is 22.7. The summed E-state index contributed by atoms with van der Waals surface area (Å²) in [6.45, 7) is 5.42. The Kier molecular flexibility index (Phi) is 11.9. The maximum atomic E-state index is 12.7. The van der Waals surface area contributed by atoms with E-state index in [-0.39, 0.29) is 11.8 Å². The molecule has 0 bridgehead atoms. The number of piperidine rings is 1. The van der Waals surface area contributed by atoms with E-state index in [1.165, 1.54) is 0 Å². The first-order valence-electron chi connectivity index (χ1n) is 12.6. The van der Waals surface area contributed by atoms with E-state index < -0.39 is 29.8 Å². The molecule has 0 atom stereocenters. The number of para-hydroxylation sites is 1. The average Bonchev–Trinajstić information content (AvgIpc) is 3.25. The molecule has 2 fully saturated rings. The number of hydrogen-bond acceptors (Lipinski definition) is 7. The van der Waals surface area contributed by atoms with Gasteiger partial charge in [-0.25, -0.2) is 14.6 Å². The minimum absolute atomic E-state index is 0.125. The molecular weight excluding hydrogens is 592 g/mol. The number of likely N-dealkylation sites (tertiary alicyclic amines) is 1. The average molecular weight is 622 g/mol. The molecule has 0 saturated carbocycles. The van der Waals surface area contributed by atoms with Crippen LogP contribution in [0.15, 0.2) is 48.5 Å². The van der Waals surface area contributed by atoms with Crippen molar-refractivity contribution in [3.8, 4) is 0 Å². The lowest BCUT2D eigenvalue weighted by Gasteiger charge is -2.43. The predicted octanol–water partition coefficient (Wildman–Crippen LogP) is 2.81. The summed E-state index contributed by atoms with van der Waals surface area (Å²) in [4.78, 5) is 51.5.